The number of nitrogens with one attached hydrogen (secondary N) is 2. The van der Waals surface area contributed by atoms with Crippen molar-refractivity contribution >= 4 is 17.5 Å². The third-order valence-corrected chi connectivity index (χ3v) is 4.34. The molecule has 0 atom stereocenters. The molecule has 1 fully saturated rings. The summed E-state index contributed by atoms with van der Waals surface area (Å²) in [6, 6.07) is 9.07. The molecule has 1 aromatic rings. The van der Waals surface area contributed by atoms with Gasteiger partial charge < -0.3 is 10.6 Å². The Morgan fingerprint density at radius 2 is 2.00 bits per heavy atom. The second-order valence-corrected chi connectivity index (χ2v) is 6.13. The summed E-state index contributed by atoms with van der Waals surface area (Å²) in [6.07, 6.45) is 6.32. The van der Waals surface area contributed by atoms with Gasteiger partial charge in [0.2, 0.25) is 11.8 Å². The van der Waals surface area contributed by atoms with E-state index in [1.54, 1.807) is 18.2 Å². The molecule has 24 heavy (non-hydrogen) atoms. The normalized spacial score (nSPS) is 14.9. The fourth-order valence-corrected chi connectivity index (χ4v) is 3.00. The molecule has 0 aliphatic heterocycles. The van der Waals surface area contributed by atoms with Crippen molar-refractivity contribution in [3.05, 3.63) is 41.5 Å². The minimum absolute atomic E-state index is 0.113. The summed E-state index contributed by atoms with van der Waals surface area (Å²) >= 11 is 0. The number of carbonyl (C=O) groups excluding carboxylic acids is 2. The van der Waals surface area contributed by atoms with Crippen molar-refractivity contribution in [3.63, 3.8) is 0 Å². The van der Waals surface area contributed by atoms with Gasteiger partial charge in [0.25, 0.3) is 0 Å². The highest BCUT2D eigenvalue weighted by atomic mass is 16.2. The number of amides is 2. The molecule has 0 bridgehead atoms. The zero-order valence-electron chi connectivity index (χ0n) is 14.0. The van der Waals surface area contributed by atoms with Crippen LogP contribution >= 0.6 is 0 Å². The van der Waals surface area contributed by atoms with Crippen molar-refractivity contribution in [2.45, 2.75) is 45.6 Å². The van der Waals surface area contributed by atoms with E-state index in [4.69, 9.17) is 5.26 Å². The molecule has 1 saturated carbocycles. The molecular formula is C19H23N3O2. The summed E-state index contributed by atoms with van der Waals surface area (Å²) in [5.74, 6) is 0.0686. The lowest BCUT2D eigenvalue weighted by Crippen LogP contribution is -2.22. The maximum absolute atomic E-state index is 12.1. The fraction of sp³-hybridized carbons (Fsp3) is 0.421. The van der Waals surface area contributed by atoms with Crippen LogP contribution in [0.4, 0.5) is 5.69 Å². The molecule has 126 valence electrons. The Hall–Kier alpha value is -2.61. The number of allylic oxidation sites excluding steroid dienone is 1. The second-order valence-electron chi connectivity index (χ2n) is 6.13. The Bertz CT molecular complexity index is 667. The first-order valence-corrected chi connectivity index (χ1v) is 8.31. The first-order valence-electron chi connectivity index (χ1n) is 8.31. The standard InChI is InChI=1S/C19H23N3O2/c1-14(15-6-2-3-7-15)12-19(24)21-13-16-8-4-5-9-17(16)22-18(23)10-11-20/h4-5,8-9,12,15H,2-3,6-7,10,13H2,1H3,(H,21,24)(H,22,23)/b14-12+. The van der Waals surface area contributed by atoms with E-state index >= 15 is 0 Å². The minimum atomic E-state index is -0.353. The molecule has 1 aliphatic rings. The third-order valence-electron chi connectivity index (χ3n) is 4.34. The smallest absolute Gasteiger partial charge is 0.244 e. The lowest BCUT2D eigenvalue weighted by molar-refractivity contribution is -0.117. The molecule has 0 saturated heterocycles. The van der Waals surface area contributed by atoms with Gasteiger partial charge in [-0.15, -0.1) is 0 Å². The maximum Gasteiger partial charge on any atom is 0.244 e. The third kappa shape index (κ3) is 5.24. The van der Waals surface area contributed by atoms with Crippen LogP contribution in [0.25, 0.3) is 0 Å². The van der Waals surface area contributed by atoms with E-state index in [0.717, 1.165) is 11.1 Å². The van der Waals surface area contributed by atoms with Gasteiger partial charge in [-0.2, -0.15) is 5.26 Å². The summed E-state index contributed by atoms with van der Waals surface area (Å²) in [4.78, 5) is 23.7. The highest BCUT2D eigenvalue weighted by molar-refractivity contribution is 5.93. The molecule has 1 aliphatic carbocycles. The Kier molecular flexibility index (Phi) is 6.56. The summed E-state index contributed by atoms with van der Waals surface area (Å²) in [6.45, 7) is 2.35. The number of nitriles is 1. The predicted molar refractivity (Wildman–Crippen MR) is 92.9 cm³/mol. The van der Waals surface area contributed by atoms with Gasteiger partial charge in [0.15, 0.2) is 0 Å². The number of carbonyl (C=O) groups is 2. The summed E-state index contributed by atoms with van der Waals surface area (Å²) in [5, 5.41) is 14.1. The van der Waals surface area contributed by atoms with Crippen LogP contribution in [0.3, 0.4) is 0 Å². The van der Waals surface area contributed by atoms with Crippen molar-refractivity contribution in [3.8, 4) is 6.07 Å². The second kappa shape index (κ2) is 8.88. The summed E-state index contributed by atoms with van der Waals surface area (Å²) < 4.78 is 0. The van der Waals surface area contributed by atoms with E-state index in [0.29, 0.717) is 18.2 Å². The first-order chi connectivity index (χ1) is 11.6. The number of para-hydroxylation sites is 1. The Morgan fingerprint density at radius 3 is 2.71 bits per heavy atom. The molecule has 2 amide bonds. The SMILES string of the molecule is C/C(=C\C(=O)NCc1ccccc1NC(=O)CC#N)C1CCCC1. The monoisotopic (exact) mass is 325 g/mol. The van der Waals surface area contributed by atoms with Crippen molar-refractivity contribution < 1.29 is 9.59 Å². The first kappa shape index (κ1) is 17.7. The van der Waals surface area contributed by atoms with E-state index in [2.05, 4.69) is 10.6 Å². The molecule has 0 unspecified atom stereocenters. The van der Waals surface area contributed by atoms with Gasteiger partial charge in [-0.05, 0) is 37.3 Å². The van der Waals surface area contributed by atoms with E-state index in [1.165, 1.54) is 25.7 Å². The van der Waals surface area contributed by atoms with Gasteiger partial charge in [0.1, 0.15) is 6.42 Å². The number of anilines is 1. The maximum atomic E-state index is 12.1. The molecule has 0 aromatic heterocycles. The van der Waals surface area contributed by atoms with Gasteiger partial charge in [0.05, 0.1) is 6.07 Å². The number of hydrogen-bond donors (Lipinski definition) is 2. The molecule has 0 heterocycles. The molecule has 5 nitrogen and oxygen atoms in total. The van der Waals surface area contributed by atoms with Gasteiger partial charge in [-0.25, -0.2) is 0 Å². The molecule has 0 radical (unpaired) electrons. The van der Waals surface area contributed by atoms with Crippen LogP contribution in [-0.2, 0) is 16.1 Å². The molecule has 2 N–H and O–H groups in total. The molecule has 2 rings (SSSR count). The number of nitrogens with zero attached hydrogens (tertiary/aromatic N) is 1. The number of benzene rings is 1. The van der Waals surface area contributed by atoms with Crippen LogP contribution in [-0.4, -0.2) is 11.8 Å². The Balaban J connectivity index is 1.94. The minimum Gasteiger partial charge on any atom is -0.348 e. The van der Waals surface area contributed by atoms with Crippen LogP contribution in [0.5, 0.6) is 0 Å². The predicted octanol–water partition coefficient (Wildman–Crippen LogP) is 3.29. The number of rotatable bonds is 6. The highest BCUT2D eigenvalue weighted by Crippen LogP contribution is 2.30. The van der Waals surface area contributed by atoms with E-state index in [-0.39, 0.29) is 18.2 Å². The highest BCUT2D eigenvalue weighted by Gasteiger charge is 2.17. The summed E-state index contributed by atoms with van der Waals surface area (Å²) in [5.41, 5.74) is 2.57. The van der Waals surface area contributed by atoms with Crippen LogP contribution in [0.2, 0.25) is 0 Å². The lowest BCUT2D eigenvalue weighted by Gasteiger charge is -2.12. The van der Waals surface area contributed by atoms with Crippen molar-refractivity contribution in [1.82, 2.24) is 5.32 Å². The van der Waals surface area contributed by atoms with Crippen LogP contribution in [0.15, 0.2) is 35.9 Å². The molecule has 5 heteroatoms. The van der Waals surface area contributed by atoms with Crippen LogP contribution < -0.4 is 10.6 Å². The summed E-state index contributed by atoms with van der Waals surface area (Å²) in [7, 11) is 0. The Labute approximate surface area is 142 Å². The van der Waals surface area contributed by atoms with Crippen LogP contribution in [0.1, 0.15) is 44.6 Å². The zero-order valence-corrected chi connectivity index (χ0v) is 14.0. The van der Waals surface area contributed by atoms with Crippen molar-refractivity contribution in [2.24, 2.45) is 5.92 Å². The average molecular weight is 325 g/mol. The Morgan fingerprint density at radius 1 is 1.29 bits per heavy atom. The molecular weight excluding hydrogens is 302 g/mol. The molecule has 0 spiro atoms. The van der Waals surface area contributed by atoms with Gasteiger partial charge >= 0.3 is 0 Å². The van der Waals surface area contributed by atoms with E-state index < -0.39 is 0 Å². The van der Waals surface area contributed by atoms with E-state index in [9.17, 15) is 9.59 Å². The van der Waals surface area contributed by atoms with Gasteiger partial charge in [0, 0.05) is 18.3 Å². The topological polar surface area (TPSA) is 82.0 Å². The largest absolute Gasteiger partial charge is 0.348 e. The van der Waals surface area contributed by atoms with Gasteiger partial charge in [-0.3, -0.25) is 9.59 Å². The molecule has 1 aromatic carbocycles. The lowest BCUT2D eigenvalue weighted by atomic mass is 9.99. The number of hydrogen-bond acceptors (Lipinski definition) is 3. The van der Waals surface area contributed by atoms with E-state index in [1.807, 2.05) is 25.1 Å². The zero-order chi connectivity index (χ0) is 17.4. The fourth-order valence-electron chi connectivity index (χ4n) is 3.00. The van der Waals surface area contributed by atoms with Gasteiger partial charge in [-0.1, -0.05) is 36.6 Å². The van der Waals surface area contributed by atoms with Crippen LogP contribution in [0, 0.1) is 17.2 Å². The average Bonchev–Trinajstić information content (AvgIpc) is 3.09. The quantitative estimate of drug-likeness (QED) is 0.787. The van der Waals surface area contributed by atoms with Crippen molar-refractivity contribution in [1.29, 1.82) is 5.26 Å². The van der Waals surface area contributed by atoms with Crippen molar-refractivity contribution in [2.75, 3.05) is 5.32 Å².